The molecule has 5 heteroatoms. The Labute approximate surface area is 107 Å². The third-order valence-corrected chi connectivity index (χ3v) is 2.84. The molecule has 5 nitrogen and oxygen atoms in total. The van der Waals surface area contributed by atoms with Crippen molar-refractivity contribution in [3.05, 3.63) is 17.8 Å². The van der Waals surface area contributed by atoms with Gasteiger partial charge in [-0.15, -0.1) is 0 Å². The number of anilines is 1. The van der Waals surface area contributed by atoms with Gasteiger partial charge in [0.05, 0.1) is 5.69 Å². The van der Waals surface area contributed by atoms with Crippen molar-refractivity contribution in [2.75, 3.05) is 5.73 Å². The Hall–Kier alpha value is -1.65. The molecule has 0 radical (unpaired) electrons. The number of imidazole rings is 1. The van der Waals surface area contributed by atoms with Gasteiger partial charge < -0.3 is 5.73 Å². The number of hydrogen-bond donors (Lipinski definition) is 1. The lowest BCUT2D eigenvalue weighted by molar-refractivity contribution is 0.520. The van der Waals surface area contributed by atoms with E-state index in [9.17, 15) is 0 Å². The van der Waals surface area contributed by atoms with E-state index in [0.29, 0.717) is 5.82 Å². The number of nitrogens with zero attached hydrogens (tertiary/aromatic N) is 4. The van der Waals surface area contributed by atoms with Crippen molar-refractivity contribution < 1.29 is 0 Å². The summed E-state index contributed by atoms with van der Waals surface area (Å²) in [7, 11) is 0. The molecule has 0 aliphatic heterocycles. The minimum absolute atomic E-state index is 0.0897. The zero-order chi connectivity index (χ0) is 13.7. The number of rotatable bonds is 0. The van der Waals surface area contributed by atoms with Crippen molar-refractivity contribution in [3.63, 3.8) is 0 Å². The van der Waals surface area contributed by atoms with E-state index in [1.165, 1.54) is 6.33 Å². The van der Waals surface area contributed by atoms with Gasteiger partial charge in [-0.2, -0.15) is 5.10 Å². The zero-order valence-corrected chi connectivity index (χ0v) is 11.9. The zero-order valence-electron chi connectivity index (χ0n) is 11.9. The molecule has 0 aromatic carbocycles. The maximum atomic E-state index is 6.00. The Morgan fingerprint density at radius 2 is 1.67 bits per heavy atom. The SMILES string of the molecule is CC(C)(C)c1nc(C(C)(C)C)n2ncnc(N)c12. The van der Waals surface area contributed by atoms with E-state index in [0.717, 1.165) is 17.0 Å². The molecule has 2 aromatic rings. The summed E-state index contributed by atoms with van der Waals surface area (Å²) in [5.41, 5.74) is 7.60. The second-order valence-electron chi connectivity index (χ2n) is 6.69. The van der Waals surface area contributed by atoms with Crippen LogP contribution in [0.15, 0.2) is 6.33 Å². The Balaban J connectivity index is 2.89. The molecular formula is C13H21N5. The standard InChI is InChI=1S/C13H21N5/c1-12(2,3)9-8-10(14)15-7-16-18(8)11(17-9)13(4,5)6/h7H,1-6H3,(H2,14,15,16). The number of hydrogen-bond acceptors (Lipinski definition) is 4. The fourth-order valence-corrected chi connectivity index (χ4v) is 1.96. The fraction of sp³-hybridized carbons (Fsp3) is 0.615. The molecule has 98 valence electrons. The van der Waals surface area contributed by atoms with Gasteiger partial charge in [0.15, 0.2) is 5.82 Å². The van der Waals surface area contributed by atoms with Crippen LogP contribution in [0, 0.1) is 0 Å². The van der Waals surface area contributed by atoms with E-state index in [4.69, 9.17) is 10.7 Å². The van der Waals surface area contributed by atoms with Gasteiger partial charge in [-0.05, 0) is 0 Å². The molecule has 18 heavy (non-hydrogen) atoms. The lowest BCUT2D eigenvalue weighted by atomic mass is 9.91. The smallest absolute Gasteiger partial charge is 0.153 e. The third kappa shape index (κ3) is 1.94. The molecule has 0 saturated heterocycles. The number of fused-ring (bicyclic) bond motifs is 1. The van der Waals surface area contributed by atoms with Crippen molar-refractivity contribution in [3.8, 4) is 0 Å². The first-order valence-electron chi connectivity index (χ1n) is 6.12. The second kappa shape index (κ2) is 3.67. The van der Waals surface area contributed by atoms with E-state index >= 15 is 0 Å². The topological polar surface area (TPSA) is 69.1 Å². The minimum Gasteiger partial charge on any atom is -0.382 e. The van der Waals surface area contributed by atoms with Gasteiger partial charge >= 0.3 is 0 Å². The van der Waals surface area contributed by atoms with Crippen LogP contribution in [-0.2, 0) is 10.8 Å². The number of nitrogen functional groups attached to an aromatic ring is 1. The second-order valence-corrected chi connectivity index (χ2v) is 6.69. The Kier molecular flexibility index (Phi) is 2.61. The fourth-order valence-electron chi connectivity index (χ4n) is 1.96. The Morgan fingerprint density at radius 3 is 2.17 bits per heavy atom. The lowest BCUT2D eigenvalue weighted by Gasteiger charge is -2.16. The molecule has 0 saturated carbocycles. The van der Waals surface area contributed by atoms with Crippen LogP contribution in [0.5, 0.6) is 0 Å². The van der Waals surface area contributed by atoms with Crippen LogP contribution in [0.25, 0.3) is 5.52 Å². The monoisotopic (exact) mass is 247 g/mol. The first-order valence-corrected chi connectivity index (χ1v) is 6.12. The summed E-state index contributed by atoms with van der Waals surface area (Å²) < 4.78 is 1.82. The average molecular weight is 247 g/mol. The molecule has 0 unspecified atom stereocenters. The molecule has 2 aromatic heterocycles. The van der Waals surface area contributed by atoms with E-state index in [2.05, 4.69) is 51.6 Å². The van der Waals surface area contributed by atoms with Crippen molar-refractivity contribution in [2.24, 2.45) is 0 Å². The van der Waals surface area contributed by atoms with Crippen LogP contribution in [0.2, 0.25) is 0 Å². The van der Waals surface area contributed by atoms with Crippen molar-refractivity contribution in [1.82, 2.24) is 19.6 Å². The predicted octanol–water partition coefficient (Wildman–Crippen LogP) is 2.30. The normalized spacial score (nSPS) is 13.2. The summed E-state index contributed by atoms with van der Waals surface area (Å²) in [6.07, 6.45) is 1.48. The number of nitrogens with two attached hydrogens (primary N) is 1. The first kappa shape index (κ1) is 12.8. The molecule has 0 spiro atoms. The summed E-state index contributed by atoms with van der Waals surface area (Å²) in [6.45, 7) is 12.7. The van der Waals surface area contributed by atoms with E-state index in [1.807, 2.05) is 4.52 Å². The Bertz CT molecular complexity index is 584. The molecule has 0 amide bonds. The van der Waals surface area contributed by atoms with Gasteiger partial charge in [0, 0.05) is 10.8 Å². The lowest BCUT2D eigenvalue weighted by Crippen LogP contribution is -2.17. The van der Waals surface area contributed by atoms with E-state index < -0.39 is 0 Å². The molecule has 0 aliphatic rings. The molecule has 2 N–H and O–H groups in total. The van der Waals surface area contributed by atoms with Crippen molar-refractivity contribution in [2.45, 2.75) is 52.4 Å². The van der Waals surface area contributed by atoms with Gasteiger partial charge in [-0.3, -0.25) is 0 Å². The predicted molar refractivity (Wildman–Crippen MR) is 72.6 cm³/mol. The van der Waals surface area contributed by atoms with Crippen LogP contribution in [-0.4, -0.2) is 19.6 Å². The van der Waals surface area contributed by atoms with Crippen LogP contribution >= 0.6 is 0 Å². The number of aromatic nitrogens is 4. The van der Waals surface area contributed by atoms with E-state index in [1.54, 1.807) is 0 Å². The first-order chi connectivity index (χ1) is 8.12. The average Bonchev–Trinajstić information content (AvgIpc) is 2.56. The van der Waals surface area contributed by atoms with Gasteiger partial charge in [-0.25, -0.2) is 14.5 Å². The Morgan fingerprint density at radius 1 is 1.06 bits per heavy atom. The summed E-state index contributed by atoms with van der Waals surface area (Å²) in [5, 5.41) is 4.31. The largest absolute Gasteiger partial charge is 0.382 e. The van der Waals surface area contributed by atoms with Gasteiger partial charge in [-0.1, -0.05) is 41.5 Å². The van der Waals surface area contributed by atoms with Crippen molar-refractivity contribution >= 4 is 11.3 Å². The highest BCUT2D eigenvalue weighted by molar-refractivity contribution is 5.70. The van der Waals surface area contributed by atoms with Crippen LogP contribution in [0.1, 0.15) is 53.1 Å². The maximum absolute atomic E-state index is 6.00. The molecule has 2 heterocycles. The maximum Gasteiger partial charge on any atom is 0.153 e. The molecule has 2 rings (SSSR count). The highest BCUT2D eigenvalue weighted by Crippen LogP contribution is 2.32. The summed E-state index contributed by atoms with van der Waals surface area (Å²) >= 11 is 0. The van der Waals surface area contributed by atoms with Gasteiger partial charge in [0.2, 0.25) is 0 Å². The minimum atomic E-state index is -0.0901. The van der Waals surface area contributed by atoms with Gasteiger partial charge in [0.1, 0.15) is 17.7 Å². The highest BCUT2D eigenvalue weighted by Gasteiger charge is 2.29. The van der Waals surface area contributed by atoms with Crippen LogP contribution < -0.4 is 5.73 Å². The van der Waals surface area contributed by atoms with Crippen LogP contribution in [0.4, 0.5) is 5.82 Å². The molecular weight excluding hydrogens is 226 g/mol. The van der Waals surface area contributed by atoms with Crippen molar-refractivity contribution in [1.29, 1.82) is 0 Å². The summed E-state index contributed by atoms with van der Waals surface area (Å²) in [4.78, 5) is 8.86. The quantitative estimate of drug-likeness (QED) is 0.775. The summed E-state index contributed by atoms with van der Waals surface area (Å²) in [5.74, 6) is 1.40. The highest BCUT2D eigenvalue weighted by atomic mass is 15.3. The van der Waals surface area contributed by atoms with Gasteiger partial charge in [0.25, 0.3) is 0 Å². The molecule has 0 fully saturated rings. The third-order valence-electron chi connectivity index (χ3n) is 2.84. The molecule has 0 aliphatic carbocycles. The molecule has 0 bridgehead atoms. The van der Waals surface area contributed by atoms with E-state index in [-0.39, 0.29) is 10.8 Å². The van der Waals surface area contributed by atoms with Crippen LogP contribution in [0.3, 0.4) is 0 Å². The molecule has 0 atom stereocenters. The summed E-state index contributed by atoms with van der Waals surface area (Å²) in [6, 6.07) is 0.